The van der Waals surface area contributed by atoms with E-state index in [0.29, 0.717) is 16.8 Å². The summed E-state index contributed by atoms with van der Waals surface area (Å²) in [6, 6.07) is 10.6. The van der Waals surface area contributed by atoms with Crippen LogP contribution in [-0.2, 0) is 30.1 Å². The predicted octanol–water partition coefficient (Wildman–Crippen LogP) is 3.79. The van der Waals surface area contributed by atoms with Crippen molar-refractivity contribution in [3.8, 4) is 11.3 Å². The van der Waals surface area contributed by atoms with Crippen LogP contribution < -0.4 is 0 Å². The zero-order valence-electron chi connectivity index (χ0n) is 15.0. The van der Waals surface area contributed by atoms with Crippen molar-refractivity contribution in [2.24, 2.45) is 7.05 Å². The van der Waals surface area contributed by atoms with E-state index in [9.17, 15) is 18.7 Å². The van der Waals surface area contributed by atoms with Gasteiger partial charge in [0.15, 0.2) is 0 Å². The van der Waals surface area contributed by atoms with Crippen LogP contribution in [-0.4, -0.2) is 20.9 Å². The van der Waals surface area contributed by atoms with Gasteiger partial charge in [0.2, 0.25) is 0 Å². The second kappa shape index (κ2) is 6.01. The topological polar surface area (TPSA) is 55.1 Å². The van der Waals surface area contributed by atoms with Gasteiger partial charge in [-0.15, -0.1) is 0 Å². The van der Waals surface area contributed by atoms with Gasteiger partial charge in [-0.05, 0) is 54.8 Å². The van der Waals surface area contributed by atoms with Crippen LogP contribution in [0.15, 0.2) is 42.5 Å². The smallest absolute Gasteiger partial charge is 0.314 e. The molecule has 6 heteroatoms. The van der Waals surface area contributed by atoms with Crippen molar-refractivity contribution in [1.82, 2.24) is 9.78 Å². The minimum Gasteiger partial charge on any atom is -0.481 e. The van der Waals surface area contributed by atoms with E-state index in [0.717, 1.165) is 16.8 Å². The first-order valence-electron chi connectivity index (χ1n) is 8.63. The molecule has 0 spiro atoms. The Morgan fingerprint density at radius 1 is 1.15 bits per heavy atom. The number of carbonyl (C=O) groups is 1. The maximum Gasteiger partial charge on any atom is 0.314 e. The maximum atomic E-state index is 14.1. The molecule has 1 N–H and O–H groups in total. The highest BCUT2D eigenvalue weighted by Crippen LogP contribution is 2.44. The summed E-state index contributed by atoms with van der Waals surface area (Å²) in [4.78, 5) is 12.3. The molecular weight excluding hydrogens is 350 g/mol. The Balaban J connectivity index is 1.86. The Morgan fingerprint density at radius 2 is 1.85 bits per heavy atom. The molecule has 0 fully saturated rings. The third-order valence-corrected chi connectivity index (χ3v) is 5.49. The van der Waals surface area contributed by atoms with E-state index in [-0.39, 0.29) is 18.7 Å². The Labute approximate surface area is 155 Å². The molecule has 1 atom stereocenters. The van der Waals surface area contributed by atoms with Crippen LogP contribution in [0.1, 0.15) is 22.4 Å². The standard InChI is InChI=1S/C21H18F2N2O2/c1-12-16(4-3-5-17(12)23)21(20(26)27)10-15-18(11-21)24-25(2)19(15)13-6-8-14(22)9-7-13/h3-9H,10-11H2,1-2H3,(H,26,27)/t21-/m1/s1. The quantitative estimate of drug-likeness (QED) is 0.765. The van der Waals surface area contributed by atoms with Crippen molar-refractivity contribution in [2.45, 2.75) is 25.2 Å². The number of fused-ring (bicyclic) bond motifs is 1. The van der Waals surface area contributed by atoms with Crippen LogP contribution in [0.4, 0.5) is 8.78 Å². The lowest BCUT2D eigenvalue weighted by atomic mass is 9.75. The van der Waals surface area contributed by atoms with Gasteiger partial charge < -0.3 is 5.11 Å². The first kappa shape index (κ1) is 17.4. The van der Waals surface area contributed by atoms with E-state index < -0.39 is 17.2 Å². The Kier molecular flexibility index (Phi) is 3.87. The fraction of sp³-hybridized carbons (Fsp3) is 0.238. The second-order valence-electron chi connectivity index (χ2n) is 7.06. The van der Waals surface area contributed by atoms with Gasteiger partial charge in [0, 0.05) is 24.6 Å². The number of hydrogen-bond donors (Lipinski definition) is 1. The predicted molar refractivity (Wildman–Crippen MR) is 96.5 cm³/mol. The zero-order chi connectivity index (χ0) is 19.3. The molecule has 0 radical (unpaired) electrons. The lowest BCUT2D eigenvalue weighted by Gasteiger charge is -2.27. The van der Waals surface area contributed by atoms with Gasteiger partial charge in [-0.2, -0.15) is 5.10 Å². The van der Waals surface area contributed by atoms with Gasteiger partial charge in [-0.3, -0.25) is 9.48 Å². The number of aryl methyl sites for hydroxylation is 1. The SMILES string of the molecule is Cc1c(F)cccc1[C@]1(C(=O)O)Cc2nn(C)c(-c3ccc(F)cc3)c2C1. The number of benzene rings is 2. The number of rotatable bonds is 3. The molecule has 0 bridgehead atoms. The van der Waals surface area contributed by atoms with E-state index in [2.05, 4.69) is 5.10 Å². The fourth-order valence-electron chi connectivity index (χ4n) is 4.15. The Hall–Kier alpha value is -3.02. The summed E-state index contributed by atoms with van der Waals surface area (Å²) in [7, 11) is 1.78. The average molecular weight is 368 g/mol. The summed E-state index contributed by atoms with van der Waals surface area (Å²) in [5.41, 5.74) is 2.59. The van der Waals surface area contributed by atoms with Crippen LogP contribution in [0, 0.1) is 18.6 Å². The molecule has 27 heavy (non-hydrogen) atoms. The van der Waals surface area contributed by atoms with Gasteiger partial charge in [0.05, 0.1) is 11.4 Å². The number of hydrogen-bond acceptors (Lipinski definition) is 2. The zero-order valence-corrected chi connectivity index (χ0v) is 15.0. The molecule has 138 valence electrons. The summed E-state index contributed by atoms with van der Waals surface area (Å²) in [6.07, 6.45) is 0.402. The molecular formula is C21H18F2N2O2. The molecule has 1 aliphatic carbocycles. The summed E-state index contributed by atoms with van der Waals surface area (Å²) < 4.78 is 29.1. The summed E-state index contributed by atoms with van der Waals surface area (Å²) >= 11 is 0. The van der Waals surface area contributed by atoms with Gasteiger partial charge in [0.1, 0.15) is 17.0 Å². The molecule has 1 aliphatic rings. The normalized spacial score (nSPS) is 18.5. The average Bonchev–Trinajstić information content (AvgIpc) is 3.12. The van der Waals surface area contributed by atoms with Crippen LogP contribution in [0.3, 0.4) is 0 Å². The van der Waals surface area contributed by atoms with Gasteiger partial charge in [-0.25, -0.2) is 8.78 Å². The minimum atomic E-state index is -1.26. The largest absolute Gasteiger partial charge is 0.481 e. The Morgan fingerprint density at radius 3 is 2.52 bits per heavy atom. The van der Waals surface area contributed by atoms with Crippen LogP contribution >= 0.6 is 0 Å². The van der Waals surface area contributed by atoms with Crippen molar-refractivity contribution in [2.75, 3.05) is 0 Å². The van der Waals surface area contributed by atoms with Gasteiger partial charge in [-0.1, -0.05) is 12.1 Å². The number of halogens is 2. The summed E-state index contributed by atoms with van der Waals surface area (Å²) in [5, 5.41) is 14.6. The van der Waals surface area contributed by atoms with E-state index in [1.54, 1.807) is 42.9 Å². The molecule has 0 amide bonds. The molecule has 1 aromatic heterocycles. The van der Waals surface area contributed by atoms with E-state index in [4.69, 9.17) is 0 Å². The first-order valence-corrected chi connectivity index (χ1v) is 8.63. The van der Waals surface area contributed by atoms with Crippen LogP contribution in [0.2, 0.25) is 0 Å². The van der Waals surface area contributed by atoms with E-state index in [1.807, 2.05) is 0 Å². The first-order chi connectivity index (χ1) is 12.8. The number of aliphatic carboxylic acids is 1. The second-order valence-corrected chi connectivity index (χ2v) is 7.06. The highest BCUT2D eigenvalue weighted by molar-refractivity contribution is 5.85. The molecule has 4 rings (SSSR count). The molecule has 0 saturated heterocycles. The number of carboxylic acids is 1. The lowest BCUT2D eigenvalue weighted by Crippen LogP contribution is -2.38. The number of aromatic nitrogens is 2. The molecule has 1 heterocycles. The minimum absolute atomic E-state index is 0.191. The highest BCUT2D eigenvalue weighted by atomic mass is 19.1. The van der Waals surface area contributed by atoms with Crippen molar-refractivity contribution in [3.05, 3.63) is 76.5 Å². The van der Waals surface area contributed by atoms with Crippen LogP contribution in [0.25, 0.3) is 11.3 Å². The summed E-state index contributed by atoms with van der Waals surface area (Å²) in [5.74, 6) is -1.76. The lowest BCUT2D eigenvalue weighted by molar-refractivity contribution is -0.143. The molecule has 2 aromatic carbocycles. The van der Waals surface area contributed by atoms with E-state index >= 15 is 0 Å². The molecule has 4 nitrogen and oxygen atoms in total. The van der Waals surface area contributed by atoms with Crippen molar-refractivity contribution in [3.63, 3.8) is 0 Å². The van der Waals surface area contributed by atoms with Crippen LogP contribution in [0.5, 0.6) is 0 Å². The number of carboxylic acid groups (broad SMARTS) is 1. The third-order valence-electron chi connectivity index (χ3n) is 5.49. The molecule has 0 saturated carbocycles. The monoisotopic (exact) mass is 368 g/mol. The molecule has 3 aromatic rings. The van der Waals surface area contributed by atoms with Crippen molar-refractivity contribution >= 4 is 5.97 Å². The van der Waals surface area contributed by atoms with E-state index in [1.165, 1.54) is 18.2 Å². The molecule has 0 unspecified atom stereocenters. The van der Waals surface area contributed by atoms with Gasteiger partial charge in [0.25, 0.3) is 0 Å². The van der Waals surface area contributed by atoms with Gasteiger partial charge >= 0.3 is 5.97 Å². The highest BCUT2D eigenvalue weighted by Gasteiger charge is 2.49. The maximum absolute atomic E-state index is 14.1. The van der Waals surface area contributed by atoms with Crippen molar-refractivity contribution in [1.29, 1.82) is 0 Å². The van der Waals surface area contributed by atoms with Crippen molar-refractivity contribution < 1.29 is 18.7 Å². The summed E-state index contributed by atoms with van der Waals surface area (Å²) in [6.45, 7) is 1.60. The molecule has 0 aliphatic heterocycles. The number of nitrogens with zero attached hydrogens (tertiary/aromatic N) is 2. The fourth-order valence-corrected chi connectivity index (χ4v) is 4.15. The third kappa shape index (κ3) is 2.55. The Bertz CT molecular complexity index is 1060.